The maximum atomic E-state index is 9.17. The Morgan fingerprint density at radius 2 is 1.85 bits per heavy atom. The lowest BCUT2D eigenvalue weighted by atomic mass is 10.1. The van der Waals surface area contributed by atoms with Gasteiger partial charge in [0, 0.05) is 18.4 Å². The van der Waals surface area contributed by atoms with Crippen LogP contribution in [0.3, 0.4) is 0 Å². The molecule has 2 aliphatic rings. The van der Waals surface area contributed by atoms with Crippen LogP contribution in [0, 0.1) is 11.8 Å². The molecule has 1 saturated carbocycles. The van der Waals surface area contributed by atoms with E-state index in [2.05, 4.69) is 0 Å². The van der Waals surface area contributed by atoms with Crippen LogP contribution in [0.15, 0.2) is 60.4 Å². The molecule has 0 aromatic heterocycles. The molecule has 1 saturated heterocycles. The summed E-state index contributed by atoms with van der Waals surface area (Å²) in [5, 5.41) is -3.73. The molecular formula is C23H31NOSi. The van der Waals surface area contributed by atoms with E-state index in [0.717, 1.165) is 6.07 Å². The molecule has 0 amide bonds. The smallest absolute Gasteiger partial charge is 0.261 e. The summed E-state index contributed by atoms with van der Waals surface area (Å²) in [5.41, 5.74) is 0. The van der Waals surface area contributed by atoms with E-state index in [1.165, 1.54) is 20.8 Å². The van der Waals surface area contributed by atoms with Crippen LogP contribution in [0.2, 0.25) is 6.45 Å². The summed E-state index contributed by atoms with van der Waals surface area (Å²) in [6.45, 7) is -3.87. The Morgan fingerprint density at radius 1 is 1.15 bits per heavy atom. The third-order valence-electron chi connectivity index (χ3n) is 4.10. The molecule has 26 heavy (non-hydrogen) atoms. The van der Waals surface area contributed by atoms with Gasteiger partial charge in [0.1, 0.15) is 1.41 Å². The van der Waals surface area contributed by atoms with Crippen molar-refractivity contribution in [2.75, 3.05) is 13.1 Å². The molecule has 1 aliphatic heterocycles. The van der Waals surface area contributed by atoms with Gasteiger partial charge in [-0.25, -0.2) is 0 Å². The quantitative estimate of drug-likeness (QED) is 0.793. The predicted molar refractivity (Wildman–Crippen MR) is 112 cm³/mol. The van der Waals surface area contributed by atoms with Crippen molar-refractivity contribution >= 4 is 18.7 Å². The van der Waals surface area contributed by atoms with Crippen LogP contribution in [-0.2, 0) is 4.43 Å². The van der Waals surface area contributed by atoms with Crippen molar-refractivity contribution in [2.45, 2.75) is 44.6 Å². The third-order valence-corrected chi connectivity index (χ3v) is 8.60. The highest BCUT2D eigenvalue weighted by Gasteiger charge is 2.51. The number of rotatable bonds is 5. The Balaban J connectivity index is 2.23. The maximum absolute atomic E-state index is 9.17. The summed E-state index contributed by atoms with van der Waals surface area (Å²) in [7, 11) is -5.35. The van der Waals surface area contributed by atoms with E-state index in [4.69, 9.17) is 33.3 Å². The summed E-state index contributed by atoms with van der Waals surface area (Å²) < 4.78 is 186. The highest BCUT2D eigenvalue weighted by atomic mass is 28.4. The van der Waals surface area contributed by atoms with E-state index in [1.807, 2.05) is 0 Å². The molecule has 3 heteroatoms. The van der Waals surface area contributed by atoms with Gasteiger partial charge in [0.15, 0.2) is 0 Å². The number of fused-ring (bicyclic) bond motifs is 1. The van der Waals surface area contributed by atoms with E-state index >= 15 is 0 Å². The SMILES string of the molecule is [2H]c1cc([Si](OC([2H])([2H])[C@@]2([2H])N([2H])C([2H])([2H])[C@]3([2H])C([2H])([2H])[C@]3([2H])C2([2H])[2H])(c2c([2H])c([2H])c([2H])c([2H])c2[2H])C(C)(C)C)c([2H])c([2H])c1[2H]. The fraction of sp³-hybridized carbons (Fsp3) is 0.478. The predicted octanol–water partition coefficient (Wildman–Crippen LogP) is 3.56. The molecule has 1 N–H and O–H groups in total. The van der Waals surface area contributed by atoms with Gasteiger partial charge in [0.2, 0.25) is 0 Å². The first-order valence-electron chi connectivity index (χ1n) is 18.4. The summed E-state index contributed by atoms with van der Waals surface area (Å²) in [6.07, 6.45) is -7.33. The van der Waals surface area contributed by atoms with Crippen molar-refractivity contribution in [3.63, 3.8) is 0 Å². The Morgan fingerprint density at radius 3 is 2.58 bits per heavy atom. The Labute approximate surface area is 188 Å². The minimum atomic E-state index is -5.35. The van der Waals surface area contributed by atoms with Crippen LogP contribution >= 0.6 is 0 Å². The first kappa shape index (κ1) is 5.79. The van der Waals surface area contributed by atoms with Crippen molar-refractivity contribution in [1.29, 1.82) is 0 Å². The largest absolute Gasteiger partial charge is 0.406 e. The monoisotopic (exact) mass is 386 g/mol. The summed E-state index contributed by atoms with van der Waals surface area (Å²) in [6, 6.07) is -11.3. The van der Waals surface area contributed by atoms with Gasteiger partial charge in [-0.05, 0) is 46.4 Å². The average Bonchev–Trinajstić information content (AvgIpc) is 3.34. The third kappa shape index (κ3) is 3.28. The molecule has 4 atom stereocenters. The van der Waals surface area contributed by atoms with E-state index in [9.17, 15) is 0 Å². The first-order valence-corrected chi connectivity index (χ1v) is 9.84. The number of hydrogen-bond acceptors (Lipinski definition) is 2. The van der Waals surface area contributed by atoms with Crippen LogP contribution in [-0.4, -0.2) is 27.4 Å². The van der Waals surface area contributed by atoms with Crippen LogP contribution < -0.4 is 15.7 Å². The fourth-order valence-electron chi connectivity index (χ4n) is 2.77. The maximum Gasteiger partial charge on any atom is 0.261 e. The van der Waals surface area contributed by atoms with Crippen LogP contribution in [0.1, 0.15) is 60.9 Å². The molecule has 4 rings (SSSR count). The van der Waals surface area contributed by atoms with E-state index in [1.54, 1.807) is 0 Å². The summed E-state index contributed by atoms with van der Waals surface area (Å²) >= 11 is 0. The highest BCUT2D eigenvalue weighted by Crippen LogP contribution is 2.44. The molecule has 2 fully saturated rings. The molecule has 1 aliphatic carbocycles. The zero-order chi connectivity index (χ0) is 36.8. The molecule has 2 nitrogen and oxygen atoms in total. The average molecular weight is 387 g/mol. The van der Waals surface area contributed by atoms with Gasteiger partial charge < -0.3 is 9.74 Å². The molecule has 2 aromatic carbocycles. The summed E-state index contributed by atoms with van der Waals surface area (Å²) in [4.78, 5) is 0. The van der Waals surface area contributed by atoms with Crippen molar-refractivity contribution in [3.8, 4) is 0 Å². The molecule has 2 aromatic rings. The second-order valence-electron chi connectivity index (χ2n) is 6.78. The molecule has 1 heterocycles. The van der Waals surface area contributed by atoms with Gasteiger partial charge in [-0.3, -0.25) is 0 Å². The second-order valence-corrected chi connectivity index (χ2v) is 10.9. The molecule has 138 valence electrons. The van der Waals surface area contributed by atoms with Crippen LogP contribution in [0.25, 0.3) is 0 Å². The van der Waals surface area contributed by atoms with E-state index < -0.39 is 127 Å². The zero-order valence-electron chi connectivity index (χ0n) is 35.4. The first-order chi connectivity index (χ1) is 20.8. The Bertz CT molecular complexity index is 1660. The number of hydrogen-bond donors (Lipinski definition) is 1. The normalized spacial score (nSPS) is 54.7. The van der Waals surface area contributed by atoms with Gasteiger partial charge in [-0.2, -0.15) is 0 Å². The minimum absolute atomic E-state index is 0.602. The van der Waals surface area contributed by atoms with Crippen LogP contribution in [0.4, 0.5) is 0 Å². The Kier molecular flexibility index (Phi) is 1.55. The molecule has 0 bridgehead atoms. The lowest BCUT2D eigenvalue weighted by molar-refractivity contribution is 0.223. The second kappa shape index (κ2) is 6.95. The molecule has 0 spiro atoms. The zero-order valence-corrected chi connectivity index (χ0v) is 15.4. The van der Waals surface area contributed by atoms with Gasteiger partial charge in [0.05, 0.1) is 21.6 Å². The van der Waals surface area contributed by atoms with Crippen molar-refractivity contribution < 1.29 is 33.3 Å². The molecule has 1 unspecified atom stereocenters. The van der Waals surface area contributed by atoms with Gasteiger partial charge in [-0.15, -0.1) is 0 Å². The highest BCUT2D eigenvalue weighted by molar-refractivity contribution is 6.99. The number of nitrogens with one attached hydrogen (secondary N) is 1. The molecule has 0 radical (unpaired) electrons. The Hall–Kier alpha value is -1.42. The number of benzene rings is 2. The lowest BCUT2D eigenvalue weighted by Crippen LogP contribution is -2.67. The van der Waals surface area contributed by atoms with Gasteiger partial charge in [-0.1, -0.05) is 81.2 Å². The van der Waals surface area contributed by atoms with E-state index in [0.29, 0.717) is 0 Å². The topological polar surface area (TPSA) is 21.3 Å². The fourth-order valence-corrected chi connectivity index (χ4v) is 6.36. The van der Waals surface area contributed by atoms with Crippen LogP contribution in [0.5, 0.6) is 0 Å². The standard InChI is InChI=1S/C23H31NOSi/c1-23(2,3)26(21-10-6-4-7-11-21,22-12-8-5-9-13-22)25-17-20-15-18-14-19(18)16-24-20/h4-13,18-20,24H,14-17H2,1-3H3/t18-,19+,20+/m1/s1/i4D,5D,6D,7D,8D,9D,10D,11D,12D,14D2,15D2,16D2,17D2,18D,19D,20D/hD/t18-,19+,20+,26?. The number of piperidine rings is 1. The van der Waals surface area contributed by atoms with E-state index in [-0.39, 0.29) is 0 Å². The van der Waals surface area contributed by atoms with Crippen molar-refractivity contribution in [2.24, 2.45) is 11.8 Å². The van der Waals surface area contributed by atoms with Crippen molar-refractivity contribution in [1.82, 2.24) is 5.31 Å². The van der Waals surface area contributed by atoms with Crippen molar-refractivity contribution in [3.05, 3.63) is 60.4 Å². The summed E-state index contributed by atoms with van der Waals surface area (Å²) in [5.74, 6) is -6.85. The van der Waals surface area contributed by atoms with Gasteiger partial charge in [0.25, 0.3) is 8.32 Å². The van der Waals surface area contributed by atoms with Gasteiger partial charge >= 0.3 is 0 Å². The lowest BCUT2D eigenvalue weighted by Gasteiger charge is -2.44. The minimum Gasteiger partial charge on any atom is -0.406 e. The molecular weight excluding hydrogens is 334 g/mol.